The number of rotatable bonds is 8. The molecule has 10 heteroatoms. The number of ether oxygens (including phenoxy) is 2. The molecule has 4 N–H and O–H groups in total. The Morgan fingerprint density at radius 2 is 1.63 bits per heavy atom. The van der Waals surface area contributed by atoms with Crippen molar-refractivity contribution in [1.29, 1.82) is 0 Å². The van der Waals surface area contributed by atoms with Crippen LogP contribution >= 0.6 is 11.3 Å². The zero-order chi connectivity index (χ0) is 27.4. The maximum absolute atomic E-state index is 13.0. The first-order valence-electron chi connectivity index (χ1n) is 12.1. The molecule has 1 aliphatic heterocycles. The van der Waals surface area contributed by atoms with E-state index in [2.05, 4.69) is 15.6 Å². The lowest BCUT2D eigenvalue weighted by molar-refractivity contribution is -0.139. The van der Waals surface area contributed by atoms with Crippen LogP contribution in [0.25, 0.3) is 11.3 Å². The normalized spacial score (nSPS) is 13.8. The first-order valence-corrected chi connectivity index (χ1v) is 13.0. The molecule has 3 aromatic rings. The topological polar surface area (TPSA) is 130 Å². The fourth-order valence-electron chi connectivity index (χ4n) is 4.35. The molecule has 9 nitrogen and oxygen atoms in total. The van der Waals surface area contributed by atoms with E-state index in [0.717, 1.165) is 0 Å². The zero-order valence-electron chi connectivity index (χ0n) is 21.5. The van der Waals surface area contributed by atoms with Gasteiger partial charge in [-0.3, -0.25) is 0 Å². The monoisotopic (exact) mass is 535 g/mol. The number of hydrogen-bond donors (Lipinski definition) is 4. The average molecular weight is 536 g/mol. The molecule has 0 fully saturated rings. The molecule has 1 aromatic heterocycles. The second-order valence-corrected chi connectivity index (χ2v) is 9.43. The van der Waals surface area contributed by atoms with Gasteiger partial charge in [-0.2, -0.15) is 0 Å². The van der Waals surface area contributed by atoms with Gasteiger partial charge in [0.1, 0.15) is 0 Å². The molecule has 1 aliphatic rings. The lowest BCUT2D eigenvalue weighted by Gasteiger charge is -2.30. The number of nitrogens with one attached hydrogen (secondary N) is 2. The van der Waals surface area contributed by atoms with Gasteiger partial charge in [-0.05, 0) is 63.6 Å². The molecule has 4 rings (SSSR count). The summed E-state index contributed by atoms with van der Waals surface area (Å²) in [5.41, 5.74) is 4.63. The predicted octanol–water partition coefficient (Wildman–Crippen LogP) is 5.33. The minimum atomic E-state index is -0.692. The van der Waals surface area contributed by atoms with E-state index in [4.69, 9.17) is 9.47 Å². The Balaban J connectivity index is 1.69. The van der Waals surface area contributed by atoms with E-state index in [0.29, 0.717) is 50.2 Å². The maximum Gasteiger partial charge on any atom is 0.336 e. The highest BCUT2D eigenvalue weighted by Gasteiger charge is 2.38. The minimum Gasteiger partial charge on any atom is -0.504 e. The van der Waals surface area contributed by atoms with Crippen LogP contribution in [0.3, 0.4) is 0 Å². The summed E-state index contributed by atoms with van der Waals surface area (Å²) in [6.45, 7) is 7.44. The number of phenols is 2. The van der Waals surface area contributed by atoms with Gasteiger partial charge in [0, 0.05) is 28.0 Å². The number of carbonyl (C=O) groups is 2. The van der Waals surface area contributed by atoms with Crippen molar-refractivity contribution in [1.82, 2.24) is 10.3 Å². The van der Waals surface area contributed by atoms with Crippen LogP contribution in [0.15, 0.2) is 70.4 Å². The van der Waals surface area contributed by atoms with Crippen molar-refractivity contribution in [2.24, 2.45) is 0 Å². The summed E-state index contributed by atoms with van der Waals surface area (Å²) in [5, 5.41) is 28.2. The van der Waals surface area contributed by atoms with Gasteiger partial charge >= 0.3 is 11.9 Å². The second-order valence-electron chi connectivity index (χ2n) is 8.57. The smallest absolute Gasteiger partial charge is 0.336 e. The number of dihydropyridines is 1. The van der Waals surface area contributed by atoms with E-state index in [1.165, 1.54) is 23.5 Å². The van der Waals surface area contributed by atoms with Crippen molar-refractivity contribution in [3.05, 3.63) is 75.9 Å². The molecule has 198 valence electrons. The largest absolute Gasteiger partial charge is 0.504 e. The highest BCUT2D eigenvalue weighted by atomic mass is 32.1. The Bertz CT molecular complexity index is 1400. The lowest BCUT2D eigenvalue weighted by atomic mass is 9.80. The summed E-state index contributed by atoms with van der Waals surface area (Å²) in [6.07, 6.45) is 0. The fraction of sp³-hybridized carbons (Fsp3) is 0.250. The molecule has 0 spiro atoms. The van der Waals surface area contributed by atoms with Crippen molar-refractivity contribution >= 4 is 34.1 Å². The number of hydrogen-bond acceptors (Lipinski definition) is 10. The summed E-state index contributed by atoms with van der Waals surface area (Å²) in [7, 11) is 0. The first kappa shape index (κ1) is 26.7. The first-order chi connectivity index (χ1) is 18.2. The van der Waals surface area contributed by atoms with Gasteiger partial charge in [0.05, 0.1) is 36.0 Å². The van der Waals surface area contributed by atoms with Gasteiger partial charge in [0.2, 0.25) is 0 Å². The molecule has 0 radical (unpaired) electrons. The standard InChI is InChI=1S/C28H29N3O6S/c1-5-36-26(34)23-15(3)29-16(4)24(27(35)37-6-2)25(23)18-8-7-9-19(12-18)30-28-31-20(14-38-28)17-10-11-21(32)22(33)13-17/h7-14,25,29,32-33H,5-6H2,1-4H3,(H,30,31). The number of aromatic nitrogens is 1. The molecular formula is C28H29N3O6S. The van der Waals surface area contributed by atoms with Crippen LogP contribution < -0.4 is 10.6 Å². The van der Waals surface area contributed by atoms with Crippen LogP contribution in [0, 0.1) is 0 Å². The average Bonchev–Trinajstić information content (AvgIpc) is 3.34. The summed E-state index contributed by atoms with van der Waals surface area (Å²) < 4.78 is 10.7. The summed E-state index contributed by atoms with van der Waals surface area (Å²) >= 11 is 1.37. The Morgan fingerprint density at radius 1 is 0.974 bits per heavy atom. The fourth-order valence-corrected chi connectivity index (χ4v) is 5.09. The highest BCUT2D eigenvalue weighted by molar-refractivity contribution is 7.14. The van der Waals surface area contributed by atoms with Crippen molar-refractivity contribution in [2.75, 3.05) is 18.5 Å². The second kappa shape index (κ2) is 11.4. The molecule has 0 atom stereocenters. The van der Waals surface area contributed by atoms with Gasteiger partial charge in [0.25, 0.3) is 0 Å². The Morgan fingerprint density at radius 3 is 2.24 bits per heavy atom. The van der Waals surface area contributed by atoms with Gasteiger partial charge in [-0.1, -0.05) is 12.1 Å². The van der Waals surface area contributed by atoms with E-state index in [-0.39, 0.29) is 24.7 Å². The van der Waals surface area contributed by atoms with E-state index in [1.54, 1.807) is 33.8 Å². The minimum absolute atomic E-state index is 0.199. The molecule has 0 aliphatic carbocycles. The molecule has 0 saturated heterocycles. The van der Waals surface area contributed by atoms with Crippen molar-refractivity contribution in [3.63, 3.8) is 0 Å². The number of carbonyl (C=O) groups excluding carboxylic acids is 2. The SMILES string of the molecule is CCOC(=O)C1=C(C)NC(C)=C(C(=O)OCC)C1c1cccc(Nc2nc(-c3ccc(O)c(O)c3)cs2)c1. The van der Waals surface area contributed by atoms with Gasteiger partial charge in [0.15, 0.2) is 16.6 Å². The quantitative estimate of drug-likeness (QED) is 0.223. The third kappa shape index (κ3) is 5.50. The Labute approximate surface area is 224 Å². The van der Waals surface area contributed by atoms with E-state index < -0.39 is 17.9 Å². The number of benzene rings is 2. The Hall–Kier alpha value is -4.31. The highest BCUT2D eigenvalue weighted by Crippen LogP contribution is 2.40. The van der Waals surface area contributed by atoms with Crippen LogP contribution in [-0.4, -0.2) is 40.3 Å². The van der Waals surface area contributed by atoms with Crippen molar-refractivity contribution in [3.8, 4) is 22.8 Å². The van der Waals surface area contributed by atoms with Crippen molar-refractivity contribution in [2.45, 2.75) is 33.6 Å². The van der Waals surface area contributed by atoms with E-state index >= 15 is 0 Å². The van der Waals surface area contributed by atoms with Gasteiger partial charge in [-0.25, -0.2) is 14.6 Å². The molecule has 2 heterocycles. The van der Waals surface area contributed by atoms with Crippen LogP contribution in [0.4, 0.5) is 10.8 Å². The molecule has 0 bridgehead atoms. The number of phenolic OH excluding ortho intramolecular Hbond substituents is 2. The molecule has 0 unspecified atom stereocenters. The third-order valence-corrected chi connectivity index (χ3v) is 6.76. The number of nitrogens with zero attached hydrogens (tertiary/aromatic N) is 1. The molecular weight excluding hydrogens is 506 g/mol. The van der Waals surface area contributed by atoms with Crippen molar-refractivity contribution < 1.29 is 29.3 Å². The number of thiazole rings is 1. The molecule has 0 saturated carbocycles. The number of aromatic hydroxyl groups is 2. The van der Waals surface area contributed by atoms with Gasteiger partial charge in [-0.15, -0.1) is 11.3 Å². The Kier molecular flexibility index (Phi) is 8.02. The van der Waals surface area contributed by atoms with E-state index in [1.807, 2.05) is 29.6 Å². The number of allylic oxidation sites excluding steroid dienone is 2. The summed E-state index contributed by atoms with van der Waals surface area (Å²) in [4.78, 5) is 30.6. The molecule has 38 heavy (non-hydrogen) atoms. The lowest BCUT2D eigenvalue weighted by Crippen LogP contribution is -2.32. The third-order valence-electron chi connectivity index (χ3n) is 6.00. The van der Waals surface area contributed by atoms with Crippen LogP contribution in [0.2, 0.25) is 0 Å². The summed E-state index contributed by atoms with van der Waals surface area (Å²) in [6, 6.07) is 11.9. The maximum atomic E-state index is 13.0. The number of anilines is 2. The predicted molar refractivity (Wildman–Crippen MR) is 145 cm³/mol. The summed E-state index contributed by atoms with van der Waals surface area (Å²) in [5.74, 6) is -2.12. The van der Waals surface area contributed by atoms with Crippen LogP contribution in [-0.2, 0) is 19.1 Å². The van der Waals surface area contributed by atoms with Crippen LogP contribution in [0.1, 0.15) is 39.2 Å². The van der Waals surface area contributed by atoms with Crippen LogP contribution in [0.5, 0.6) is 11.5 Å². The molecule has 2 aromatic carbocycles. The number of esters is 2. The zero-order valence-corrected chi connectivity index (χ0v) is 22.3. The molecule has 0 amide bonds. The van der Waals surface area contributed by atoms with Gasteiger partial charge < -0.3 is 30.3 Å². The van der Waals surface area contributed by atoms with E-state index in [9.17, 15) is 19.8 Å².